The van der Waals surface area contributed by atoms with Gasteiger partial charge in [0.25, 0.3) is 0 Å². The van der Waals surface area contributed by atoms with Crippen molar-refractivity contribution in [2.75, 3.05) is 0 Å². The van der Waals surface area contributed by atoms with Crippen molar-refractivity contribution in [2.45, 2.75) is 0 Å². The Morgan fingerprint density at radius 1 is 0.303 bits per heavy atom. The molecule has 4 aromatic rings. The summed E-state index contributed by atoms with van der Waals surface area (Å²) in [6, 6.07) is 0. The Morgan fingerprint density at radius 2 is 0.485 bits per heavy atom. The Balaban J connectivity index is 2.34. The van der Waals surface area contributed by atoms with Gasteiger partial charge in [0.1, 0.15) is 17.3 Å². The molecule has 0 fully saturated rings. The van der Waals surface area contributed by atoms with Crippen molar-refractivity contribution < 1.29 is 0 Å². The molecule has 4 rings (SSSR count). The predicted molar refractivity (Wildman–Crippen MR) is 162 cm³/mol. The van der Waals surface area contributed by atoms with Gasteiger partial charge in [0.15, 0.2) is 0 Å². The SMILES string of the molecule is Clc1sc([Si](c2sc(Cl)c(Cl)c2Cl)(c2sc(Cl)c(Cl)c2Cl)c2sc(Cl)c(Cl)c2Cl)c(Cl)c1Cl. The van der Waals surface area contributed by atoms with Crippen LogP contribution in [0.2, 0.25) is 57.5 Å². The summed E-state index contributed by atoms with van der Waals surface area (Å²) in [5.41, 5.74) is 0. The minimum Gasteiger partial charge on any atom is -0.129 e. The molecule has 0 aliphatic carbocycles. The van der Waals surface area contributed by atoms with Gasteiger partial charge >= 0.3 is 0 Å². The lowest BCUT2D eigenvalue weighted by molar-refractivity contribution is 1.93. The van der Waals surface area contributed by atoms with Gasteiger partial charge < -0.3 is 0 Å². The summed E-state index contributed by atoms with van der Waals surface area (Å²) in [7, 11) is -3.65. The fourth-order valence-corrected chi connectivity index (χ4v) is 23.3. The zero-order chi connectivity index (χ0) is 24.6. The molecule has 0 saturated carbocycles. The second kappa shape index (κ2) is 10.6. The van der Waals surface area contributed by atoms with Gasteiger partial charge in [-0.15, -0.1) is 45.3 Å². The highest BCUT2D eigenvalue weighted by molar-refractivity contribution is 7.56. The molecule has 17 heteroatoms. The van der Waals surface area contributed by atoms with E-state index in [2.05, 4.69) is 0 Å². The van der Waals surface area contributed by atoms with Crippen LogP contribution in [-0.4, -0.2) is 8.07 Å². The maximum Gasteiger partial charge on any atom is 0.230 e. The first-order chi connectivity index (χ1) is 15.3. The lowest BCUT2D eigenvalue weighted by atomic mass is 10.6. The van der Waals surface area contributed by atoms with E-state index in [1.54, 1.807) is 0 Å². The molecule has 0 aromatic carbocycles. The largest absolute Gasteiger partial charge is 0.230 e. The summed E-state index contributed by atoms with van der Waals surface area (Å²) in [4.78, 5) is 0. The molecular weight excluding hydrogens is 774 g/mol. The second-order valence-electron chi connectivity index (χ2n) is 6.08. The van der Waals surface area contributed by atoms with E-state index in [4.69, 9.17) is 139 Å². The van der Waals surface area contributed by atoms with E-state index in [0.29, 0.717) is 18.0 Å². The van der Waals surface area contributed by atoms with E-state index in [9.17, 15) is 0 Å². The minimum atomic E-state index is -3.65. The molecule has 0 aliphatic heterocycles. The lowest BCUT2D eigenvalue weighted by Gasteiger charge is -2.30. The topological polar surface area (TPSA) is 0 Å². The van der Waals surface area contributed by atoms with Crippen LogP contribution in [0.25, 0.3) is 0 Å². The second-order valence-corrected chi connectivity index (χ2v) is 20.5. The van der Waals surface area contributed by atoms with E-state index in [1.165, 1.54) is 0 Å². The van der Waals surface area contributed by atoms with Crippen LogP contribution >= 0.6 is 185 Å². The van der Waals surface area contributed by atoms with Crippen molar-refractivity contribution in [3.63, 3.8) is 0 Å². The van der Waals surface area contributed by atoms with Gasteiger partial charge in [-0.2, -0.15) is 0 Å². The Bertz CT molecular complexity index is 1200. The first-order valence-corrected chi connectivity index (χ1v) is 17.7. The molecule has 0 radical (unpaired) electrons. The Hall–Kier alpha value is 2.50. The molecule has 0 unspecified atom stereocenters. The van der Waals surface area contributed by atoms with Crippen molar-refractivity contribution in [2.24, 2.45) is 0 Å². The van der Waals surface area contributed by atoms with Crippen LogP contribution in [0.4, 0.5) is 0 Å². The minimum absolute atomic E-state index is 0.162. The van der Waals surface area contributed by atoms with Gasteiger partial charge in [0.05, 0.1) is 40.2 Å². The van der Waals surface area contributed by atoms with Crippen molar-refractivity contribution in [3.05, 3.63) is 57.5 Å². The molecule has 4 aromatic heterocycles. The van der Waals surface area contributed by atoms with E-state index in [0.717, 1.165) is 45.3 Å². The number of halogens is 12. The quantitative estimate of drug-likeness (QED) is 0.181. The van der Waals surface area contributed by atoms with Gasteiger partial charge in [-0.05, 0) is 0 Å². The third-order valence-electron chi connectivity index (χ3n) is 4.39. The summed E-state index contributed by atoms with van der Waals surface area (Å²) >= 11 is 83.0. The average molecular weight is 774 g/mol. The molecule has 0 amide bonds. The van der Waals surface area contributed by atoms with Crippen molar-refractivity contribution in [3.8, 4) is 0 Å². The van der Waals surface area contributed by atoms with E-state index in [-0.39, 0.29) is 57.5 Å². The van der Waals surface area contributed by atoms with E-state index in [1.807, 2.05) is 0 Å². The van der Waals surface area contributed by atoms with E-state index < -0.39 is 8.07 Å². The van der Waals surface area contributed by atoms with Crippen molar-refractivity contribution in [1.29, 1.82) is 0 Å². The van der Waals surface area contributed by atoms with Gasteiger partial charge in [0.2, 0.25) is 8.07 Å². The van der Waals surface area contributed by atoms with Crippen molar-refractivity contribution in [1.82, 2.24) is 0 Å². The summed E-state index contributed by atoms with van der Waals surface area (Å²) in [6.45, 7) is 0. The molecule has 176 valence electrons. The highest BCUT2D eigenvalue weighted by atomic mass is 35.5. The first-order valence-electron chi connectivity index (χ1n) is 7.90. The summed E-state index contributed by atoms with van der Waals surface area (Å²) in [6.07, 6.45) is 0. The maximum absolute atomic E-state index is 6.76. The standard InChI is InChI=1S/C16Cl12S4Si/c17-1-5(21)13(29-9(1)25)33(14-6(22)2(18)10(26)30-14,15-7(23)3(19)11(27)31-15)16-8(24)4(20)12(28)32-16. The highest BCUT2D eigenvalue weighted by Crippen LogP contribution is 2.46. The molecule has 0 saturated heterocycles. The molecule has 4 heterocycles. The van der Waals surface area contributed by atoms with Crippen LogP contribution in [0.3, 0.4) is 0 Å². The highest BCUT2D eigenvalue weighted by Gasteiger charge is 2.54. The molecule has 0 nitrogen and oxygen atoms in total. The van der Waals surface area contributed by atoms with Crippen LogP contribution in [-0.2, 0) is 0 Å². The summed E-state index contributed by atoms with van der Waals surface area (Å²) in [5.74, 6) is 0. The average Bonchev–Trinajstić information content (AvgIpc) is 3.39. The van der Waals surface area contributed by atoms with Crippen LogP contribution in [0.15, 0.2) is 0 Å². The Morgan fingerprint density at radius 3 is 0.606 bits per heavy atom. The fourth-order valence-electron chi connectivity index (χ4n) is 3.04. The predicted octanol–water partition coefficient (Wildman–Crippen LogP) is 11.2. The number of hydrogen-bond donors (Lipinski definition) is 0. The molecule has 0 atom stereocenters. The van der Waals surface area contributed by atoms with Crippen LogP contribution < -0.4 is 18.0 Å². The fraction of sp³-hybridized carbons (Fsp3) is 0. The first kappa shape index (κ1) is 28.5. The Labute approximate surface area is 264 Å². The lowest BCUT2D eigenvalue weighted by Crippen LogP contribution is -2.73. The number of thiophene rings is 4. The number of rotatable bonds is 4. The van der Waals surface area contributed by atoms with Crippen LogP contribution in [0.1, 0.15) is 0 Å². The molecule has 0 aliphatic rings. The molecule has 33 heavy (non-hydrogen) atoms. The molecule has 0 spiro atoms. The maximum atomic E-state index is 6.76. The van der Waals surface area contributed by atoms with E-state index >= 15 is 0 Å². The summed E-state index contributed by atoms with van der Waals surface area (Å²) in [5, 5.41) is 1.44. The Kier molecular flexibility index (Phi) is 9.13. The third kappa shape index (κ3) is 4.45. The van der Waals surface area contributed by atoms with Gasteiger partial charge in [-0.25, -0.2) is 0 Å². The van der Waals surface area contributed by atoms with Crippen molar-refractivity contribution >= 4 is 211 Å². The monoisotopic (exact) mass is 767 g/mol. The van der Waals surface area contributed by atoms with Gasteiger partial charge in [-0.1, -0.05) is 139 Å². The molecule has 0 N–H and O–H groups in total. The van der Waals surface area contributed by atoms with Crippen LogP contribution in [0.5, 0.6) is 0 Å². The zero-order valence-electron chi connectivity index (χ0n) is 14.7. The third-order valence-corrected chi connectivity index (χ3v) is 23.2. The van der Waals surface area contributed by atoms with Gasteiger partial charge in [0, 0.05) is 18.0 Å². The zero-order valence-corrected chi connectivity index (χ0v) is 28.0. The number of hydrogen-bond acceptors (Lipinski definition) is 4. The smallest absolute Gasteiger partial charge is 0.129 e. The van der Waals surface area contributed by atoms with Crippen LogP contribution in [0, 0.1) is 0 Å². The molecular formula is C16Cl12S4Si. The normalized spacial score (nSPS) is 12.2. The molecule has 0 bridgehead atoms. The summed E-state index contributed by atoms with van der Waals surface area (Å²) < 4.78 is 3.27. The van der Waals surface area contributed by atoms with Gasteiger partial charge in [-0.3, -0.25) is 0 Å².